The van der Waals surface area contributed by atoms with Gasteiger partial charge in [-0.05, 0) is 44.1 Å². The number of fused-ring (bicyclic) bond motifs is 1. The van der Waals surface area contributed by atoms with Gasteiger partial charge in [-0.2, -0.15) is 0 Å². The Hall–Kier alpha value is -2.74. The molecule has 0 spiro atoms. The van der Waals surface area contributed by atoms with E-state index < -0.39 is 0 Å². The summed E-state index contributed by atoms with van der Waals surface area (Å²) in [7, 11) is 0. The van der Waals surface area contributed by atoms with E-state index in [9.17, 15) is 9.59 Å². The fourth-order valence-corrected chi connectivity index (χ4v) is 4.37. The van der Waals surface area contributed by atoms with Crippen molar-refractivity contribution in [2.75, 3.05) is 19.6 Å². The van der Waals surface area contributed by atoms with Gasteiger partial charge in [0.2, 0.25) is 5.91 Å². The number of aromatic nitrogens is 3. The third-order valence-corrected chi connectivity index (χ3v) is 6.66. The zero-order valence-corrected chi connectivity index (χ0v) is 17.9. The number of aryl methyl sites for hydroxylation is 1. The molecule has 2 aliphatic heterocycles. The number of nitrogens with zero attached hydrogens (tertiary/aromatic N) is 4. The highest BCUT2D eigenvalue weighted by atomic mass is 16.5. The monoisotopic (exact) mass is 423 g/mol. The molecule has 31 heavy (non-hydrogen) atoms. The summed E-state index contributed by atoms with van der Waals surface area (Å²) in [6.07, 6.45) is 3.75. The number of likely N-dealkylation sites (tertiary alicyclic amines) is 1. The molecule has 1 aliphatic carbocycles. The average Bonchev–Trinajstić information content (AvgIpc) is 3.54. The molecule has 0 unspecified atom stereocenters. The number of amides is 2. The van der Waals surface area contributed by atoms with E-state index >= 15 is 0 Å². The van der Waals surface area contributed by atoms with Gasteiger partial charge in [-0.25, -0.2) is 4.68 Å². The van der Waals surface area contributed by atoms with Gasteiger partial charge < -0.3 is 15.0 Å². The van der Waals surface area contributed by atoms with Gasteiger partial charge in [-0.1, -0.05) is 35.0 Å². The Morgan fingerprint density at radius 1 is 1.13 bits per heavy atom. The molecule has 1 aromatic heterocycles. The van der Waals surface area contributed by atoms with Crippen molar-refractivity contribution in [2.45, 2.75) is 51.9 Å². The Labute approximate surface area is 181 Å². The van der Waals surface area contributed by atoms with Crippen LogP contribution in [0.2, 0.25) is 0 Å². The van der Waals surface area contributed by atoms with E-state index in [2.05, 4.69) is 46.8 Å². The molecule has 2 amide bonds. The summed E-state index contributed by atoms with van der Waals surface area (Å²) in [5.41, 5.74) is 3.41. The number of hydrogen-bond donors (Lipinski definition) is 1. The molecule has 1 saturated heterocycles. The van der Waals surface area contributed by atoms with Gasteiger partial charge in [-0.3, -0.25) is 9.59 Å². The summed E-state index contributed by atoms with van der Waals surface area (Å²) in [5.74, 6) is 0.694. The smallest absolute Gasteiger partial charge is 0.276 e. The zero-order chi connectivity index (χ0) is 21.4. The highest BCUT2D eigenvalue weighted by Crippen LogP contribution is 2.29. The average molecular weight is 424 g/mol. The Morgan fingerprint density at radius 3 is 2.58 bits per heavy atom. The van der Waals surface area contributed by atoms with Crippen LogP contribution in [0.4, 0.5) is 0 Å². The number of benzene rings is 1. The largest absolute Gasteiger partial charge is 0.365 e. The number of rotatable bonds is 5. The van der Waals surface area contributed by atoms with Crippen molar-refractivity contribution < 1.29 is 14.3 Å². The van der Waals surface area contributed by atoms with Gasteiger partial charge in [0.25, 0.3) is 5.91 Å². The van der Waals surface area contributed by atoms with Crippen molar-refractivity contribution in [3.05, 3.63) is 46.8 Å². The maximum atomic E-state index is 13.1. The first-order valence-electron chi connectivity index (χ1n) is 11.3. The van der Waals surface area contributed by atoms with E-state index in [1.807, 2.05) is 0 Å². The predicted octanol–water partition coefficient (Wildman–Crippen LogP) is 2.24. The predicted molar refractivity (Wildman–Crippen MR) is 113 cm³/mol. The normalized spacial score (nSPS) is 21.6. The molecule has 1 atom stereocenters. The summed E-state index contributed by atoms with van der Waals surface area (Å²) in [4.78, 5) is 27.2. The molecule has 0 bridgehead atoms. The third kappa shape index (κ3) is 4.35. The van der Waals surface area contributed by atoms with Crippen LogP contribution in [-0.4, -0.2) is 51.3 Å². The Bertz CT molecular complexity index is 958. The summed E-state index contributed by atoms with van der Waals surface area (Å²) < 4.78 is 7.83. The van der Waals surface area contributed by atoms with Crippen molar-refractivity contribution >= 4 is 11.8 Å². The van der Waals surface area contributed by atoms with Crippen LogP contribution in [0, 0.1) is 18.8 Å². The minimum Gasteiger partial charge on any atom is -0.365 e. The number of hydrogen-bond acceptors (Lipinski definition) is 5. The standard InChI is InChI=1S/C23H29N5O3/c1-15-2-6-17(7-3-15)20-13-28-19(14-31-20)21(25-26-28)23(30)27-10-8-18(9-11-27)22(29)24-12-16-4-5-16/h2-3,6-7,16,18,20H,4-5,8-14H2,1H3,(H,24,29)/t20-/m1/s1. The van der Waals surface area contributed by atoms with Crippen LogP contribution in [0.3, 0.4) is 0 Å². The van der Waals surface area contributed by atoms with Gasteiger partial charge in [0.15, 0.2) is 5.69 Å². The lowest BCUT2D eigenvalue weighted by atomic mass is 9.95. The molecule has 0 radical (unpaired) electrons. The van der Waals surface area contributed by atoms with Gasteiger partial charge in [0.1, 0.15) is 6.10 Å². The second kappa shape index (κ2) is 8.42. The second-order valence-electron chi connectivity index (χ2n) is 9.03. The van der Waals surface area contributed by atoms with E-state index in [1.54, 1.807) is 9.58 Å². The van der Waals surface area contributed by atoms with E-state index in [4.69, 9.17) is 4.74 Å². The van der Waals surface area contributed by atoms with E-state index in [0.717, 1.165) is 17.8 Å². The lowest BCUT2D eigenvalue weighted by molar-refractivity contribution is -0.126. The minimum atomic E-state index is -0.115. The first-order chi connectivity index (χ1) is 15.1. The van der Waals surface area contributed by atoms with Crippen LogP contribution in [0.15, 0.2) is 24.3 Å². The molecule has 1 saturated carbocycles. The summed E-state index contributed by atoms with van der Waals surface area (Å²) in [5, 5.41) is 11.5. The van der Waals surface area contributed by atoms with E-state index in [-0.39, 0.29) is 23.8 Å². The van der Waals surface area contributed by atoms with Crippen LogP contribution < -0.4 is 5.32 Å². The SMILES string of the molecule is Cc1ccc([C@H]2Cn3nnc(C(=O)N4CCC(C(=O)NCC5CC5)CC4)c3CO2)cc1. The molecule has 3 heterocycles. The van der Waals surface area contributed by atoms with Gasteiger partial charge in [0, 0.05) is 25.6 Å². The molecule has 2 aromatic rings. The maximum Gasteiger partial charge on any atom is 0.276 e. The number of carbonyl (C=O) groups excluding carboxylic acids is 2. The highest BCUT2D eigenvalue weighted by Gasteiger charge is 2.33. The van der Waals surface area contributed by atoms with E-state index in [1.165, 1.54) is 18.4 Å². The molecule has 8 heteroatoms. The van der Waals surface area contributed by atoms with Crippen LogP contribution >= 0.6 is 0 Å². The molecule has 2 fully saturated rings. The van der Waals surface area contributed by atoms with Gasteiger partial charge in [0.05, 0.1) is 18.8 Å². The molecule has 3 aliphatic rings. The molecule has 1 N–H and O–H groups in total. The second-order valence-corrected chi connectivity index (χ2v) is 9.03. The number of ether oxygens (including phenoxy) is 1. The first-order valence-corrected chi connectivity index (χ1v) is 11.3. The van der Waals surface area contributed by atoms with Gasteiger partial charge >= 0.3 is 0 Å². The molecular weight excluding hydrogens is 394 g/mol. The zero-order valence-electron chi connectivity index (χ0n) is 17.9. The Morgan fingerprint density at radius 2 is 1.87 bits per heavy atom. The fourth-order valence-electron chi connectivity index (χ4n) is 4.37. The first kappa shape index (κ1) is 20.2. The van der Waals surface area contributed by atoms with Crippen molar-refractivity contribution in [3.63, 3.8) is 0 Å². The molecule has 164 valence electrons. The summed E-state index contributed by atoms with van der Waals surface area (Å²) in [6, 6.07) is 8.28. The maximum absolute atomic E-state index is 13.1. The lowest BCUT2D eigenvalue weighted by Crippen LogP contribution is -2.43. The summed E-state index contributed by atoms with van der Waals surface area (Å²) in [6.45, 7) is 4.85. The van der Waals surface area contributed by atoms with Crippen molar-refractivity contribution in [1.82, 2.24) is 25.2 Å². The molecular formula is C23H29N5O3. The lowest BCUT2D eigenvalue weighted by Gasteiger charge is -2.31. The summed E-state index contributed by atoms with van der Waals surface area (Å²) >= 11 is 0. The minimum absolute atomic E-state index is 0.00422. The van der Waals surface area contributed by atoms with Gasteiger partial charge in [-0.15, -0.1) is 5.10 Å². The Kier molecular flexibility index (Phi) is 5.48. The molecule has 5 rings (SSSR count). The quantitative estimate of drug-likeness (QED) is 0.797. The number of piperidine rings is 1. The van der Waals surface area contributed by atoms with E-state index in [0.29, 0.717) is 50.7 Å². The van der Waals surface area contributed by atoms with Crippen LogP contribution in [0.1, 0.15) is 59.1 Å². The Balaban J connectivity index is 1.19. The van der Waals surface area contributed by atoms with Crippen molar-refractivity contribution in [2.24, 2.45) is 11.8 Å². The third-order valence-electron chi connectivity index (χ3n) is 6.66. The van der Waals surface area contributed by atoms with Crippen LogP contribution in [0.5, 0.6) is 0 Å². The number of nitrogens with one attached hydrogen (secondary N) is 1. The molecule has 8 nitrogen and oxygen atoms in total. The highest BCUT2D eigenvalue weighted by molar-refractivity contribution is 5.93. The fraction of sp³-hybridized carbons (Fsp3) is 0.565. The molecule has 1 aromatic carbocycles. The topological polar surface area (TPSA) is 89.4 Å². The van der Waals surface area contributed by atoms with Crippen molar-refractivity contribution in [3.8, 4) is 0 Å². The number of carbonyl (C=O) groups is 2. The van der Waals surface area contributed by atoms with Crippen LogP contribution in [0.25, 0.3) is 0 Å². The van der Waals surface area contributed by atoms with Crippen molar-refractivity contribution in [1.29, 1.82) is 0 Å². The van der Waals surface area contributed by atoms with Crippen LogP contribution in [-0.2, 0) is 22.7 Å².